The number of nitrogens with two attached hydrogens (primary N) is 1. The van der Waals surface area contributed by atoms with Crippen LogP contribution in [0.2, 0.25) is 8.67 Å². The first kappa shape index (κ1) is 12.6. The zero-order chi connectivity index (χ0) is 11.9. The summed E-state index contributed by atoms with van der Waals surface area (Å²) in [6, 6.07) is 1.29. The van der Waals surface area contributed by atoms with E-state index in [1.165, 1.54) is 10.4 Å². The van der Waals surface area contributed by atoms with Crippen LogP contribution in [0.1, 0.15) is 6.42 Å². The van der Waals surface area contributed by atoms with Gasteiger partial charge in [-0.15, -0.1) is 11.3 Å². The van der Waals surface area contributed by atoms with Crippen LogP contribution in [0, 0.1) is 0 Å². The van der Waals surface area contributed by atoms with Gasteiger partial charge in [0.2, 0.25) is 10.0 Å². The van der Waals surface area contributed by atoms with Gasteiger partial charge in [0, 0.05) is 19.1 Å². The predicted octanol–water partition coefficient (Wildman–Crippen LogP) is 1.78. The lowest BCUT2D eigenvalue weighted by Crippen LogP contribution is -2.31. The predicted molar refractivity (Wildman–Crippen MR) is 65.7 cm³/mol. The van der Waals surface area contributed by atoms with Gasteiger partial charge in [-0.3, -0.25) is 0 Å². The van der Waals surface area contributed by atoms with E-state index in [2.05, 4.69) is 0 Å². The van der Waals surface area contributed by atoms with Gasteiger partial charge >= 0.3 is 0 Å². The van der Waals surface area contributed by atoms with E-state index in [-0.39, 0.29) is 15.3 Å². The highest BCUT2D eigenvalue weighted by Crippen LogP contribution is 2.36. The third-order valence-corrected chi connectivity index (χ3v) is 6.05. The van der Waals surface area contributed by atoms with E-state index in [4.69, 9.17) is 28.9 Å². The van der Waals surface area contributed by atoms with Crippen LogP contribution in [0.15, 0.2) is 11.0 Å². The van der Waals surface area contributed by atoms with Gasteiger partial charge in [0.25, 0.3) is 0 Å². The summed E-state index contributed by atoms with van der Waals surface area (Å²) in [4.78, 5) is 0.0817. The first-order valence-corrected chi connectivity index (χ1v) is 7.63. The van der Waals surface area contributed by atoms with Gasteiger partial charge in [0.05, 0.1) is 4.34 Å². The van der Waals surface area contributed by atoms with Crippen molar-refractivity contribution in [2.45, 2.75) is 17.4 Å². The highest BCUT2D eigenvalue weighted by atomic mass is 35.5. The third kappa shape index (κ3) is 2.23. The average molecular weight is 301 g/mol. The lowest BCUT2D eigenvalue weighted by molar-refractivity contribution is 0.473. The standard InChI is InChI=1S/C8H10Cl2N2O2S2/c9-7-3-6(8(10)15-7)16(13,14)12-2-1-5(11)4-12/h3,5H,1-2,4,11H2. The minimum Gasteiger partial charge on any atom is -0.326 e. The van der Waals surface area contributed by atoms with Crippen LogP contribution < -0.4 is 5.73 Å². The number of hydrogen-bond acceptors (Lipinski definition) is 4. The van der Waals surface area contributed by atoms with Crippen molar-refractivity contribution in [2.75, 3.05) is 13.1 Å². The Balaban J connectivity index is 2.36. The van der Waals surface area contributed by atoms with Crippen LogP contribution in [0.5, 0.6) is 0 Å². The molecule has 2 N–H and O–H groups in total. The Bertz CT molecular complexity index is 500. The zero-order valence-electron chi connectivity index (χ0n) is 8.19. The molecule has 2 heterocycles. The summed E-state index contributed by atoms with van der Waals surface area (Å²) in [5.41, 5.74) is 5.68. The van der Waals surface area contributed by atoms with E-state index < -0.39 is 10.0 Å². The molecule has 1 aromatic heterocycles. The molecule has 1 unspecified atom stereocenters. The number of halogens is 2. The summed E-state index contributed by atoms with van der Waals surface area (Å²) in [5.74, 6) is 0. The van der Waals surface area contributed by atoms with Crippen LogP contribution in [-0.4, -0.2) is 31.9 Å². The Morgan fingerprint density at radius 2 is 2.19 bits per heavy atom. The molecular formula is C8H10Cl2N2O2S2. The van der Waals surface area contributed by atoms with Gasteiger partial charge in [0.15, 0.2) is 0 Å². The molecule has 8 heteroatoms. The van der Waals surface area contributed by atoms with E-state index in [0.29, 0.717) is 23.8 Å². The van der Waals surface area contributed by atoms with Crippen molar-refractivity contribution in [2.24, 2.45) is 5.73 Å². The van der Waals surface area contributed by atoms with Crippen molar-refractivity contribution in [1.82, 2.24) is 4.31 Å². The fourth-order valence-corrected chi connectivity index (χ4v) is 5.24. The molecule has 0 amide bonds. The van der Waals surface area contributed by atoms with Crippen molar-refractivity contribution >= 4 is 44.6 Å². The summed E-state index contributed by atoms with van der Waals surface area (Å²) in [6.07, 6.45) is 0.675. The molecule has 1 aromatic rings. The molecule has 1 saturated heterocycles. The fraction of sp³-hybridized carbons (Fsp3) is 0.500. The number of sulfonamides is 1. The smallest absolute Gasteiger partial charge is 0.245 e. The monoisotopic (exact) mass is 300 g/mol. The summed E-state index contributed by atoms with van der Waals surface area (Å²) in [6.45, 7) is 0.777. The van der Waals surface area contributed by atoms with Crippen LogP contribution in [0.25, 0.3) is 0 Å². The maximum absolute atomic E-state index is 12.1. The van der Waals surface area contributed by atoms with Crippen LogP contribution in [0.3, 0.4) is 0 Å². The van der Waals surface area contributed by atoms with Gasteiger partial charge in [-0.05, 0) is 12.5 Å². The van der Waals surface area contributed by atoms with E-state index >= 15 is 0 Å². The second kappa shape index (κ2) is 4.44. The number of nitrogens with zero attached hydrogens (tertiary/aromatic N) is 1. The molecule has 0 aliphatic carbocycles. The highest BCUT2D eigenvalue weighted by Gasteiger charge is 2.33. The molecule has 4 nitrogen and oxygen atoms in total. The van der Waals surface area contributed by atoms with Crippen LogP contribution in [0.4, 0.5) is 0 Å². The third-order valence-electron chi connectivity index (χ3n) is 2.43. The maximum atomic E-state index is 12.1. The molecule has 0 bridgehead atoms. The Hall–Kier alpha value is 0.150. The molecule has 0 radical (unpaired) electrons. The lowest BCUT2D eigenvalue weighted by Gasteiger charge is -2.14. The van der Waals surface area contributed by atoms with Crippen LogP contribution in [-0.2, 0) is 10.0 Å². The van der Waals surface area contributed by atoms with E-state index in [0.717, 1.165) is 11.3 Å². The van der Waals surface area contributed by atoms with Gasteiger partial charge < -0.3 is 5.73 Å². The Morgan fingerprint density at radius 3 is 2.62 bits per heavy atom. The molecular weight excluding hydrogens is 291 g/mol. The van der Waals surface area contributed by atoms with E-state index in [9.17, 15) is 8.42 Å². The van der Waals surface area contributed by atoms with Crippen molar-refractivity contribution in [3.63, 3.8) is 0 Å². The molecule has 0 saturated carbocycles. The molecule has 1 aliphatic heterocycles. The molecule has 1 atom stereocenters. The Kier molecular flexibility index (Phi) is 3.49. The summed E-state index contributed by atoms with van der Waals surface area (Å²) >= 11 is 12.6. The minimum atomic E-state index is -3.53. The number of hydrogen-bond donors (Lipinski definition) is 1. The minimum absolute atomic E-state index is 0.0817. The van der Waals surface area contributed by atoms with Crippen LogP contribution >= 0.6 is 34.5 Å². The topological polar surface area (TPSA) is 63.4 Å². The molecule has 0 aromatic carbocycles. The molecule has 1 aliphatic rings. The Labute approximate surface area is 108 Å². The first-order valence-electron chi connectivity index (χ1n) is 4.62. The summed E-state index contributed by atoms with van der Waals surface area (Å²) in [5, 5.41) is 0. The van der Waals surface area contributed by atoms with E-state index in [1.54, 1.807) is 0 Å². The van der Waals surface area contributed by atoms with Crippen molar-refractivity contribution in [3.8, 4) is 0 Å². The second-order valence-corrected chi connectivity index (χ2v) is 7.79. The summed E-state index contributed by atoms with van der Waals surface area (Å²) < 4.78 is 26.2. The Morgan fingerprint density at radius 1 is 1.50 bits per heavy atom. The van der Waals surface area contributed by atoms with Gasteiger partial charge in [-0.1, -0.05) is 23.2 Å². The molecule has 1 fully saturated rings. The molecule has 0 spiro atoms. The van der Waals surface area contributed by atoms with Gasteiger partial charge in [0.1, 0.15) is 9.23 Å². The quantitative estimate of drug-likeness (QED) is 0.905. The molecule has 90 valence electrons. The fourth-order valence-electron chi connectivity index (χ4n) is 1.61. The normalized spacial score (nSPS) is 22.8. The molecule has 2 rings (SSSR count). The lowest BCUT2D eigenvalue weighted by atomic mass is 10.3. The highest BCUT2D eigenvalue weighted by molar-refractivity contribution is 7.89. The zero-order valence-corrected chi connectivity index (χ0v) is 11.3. The maximum Gasteiger partial charge on any atom is 0.245 e. The van der Waals surface area contributed by atoms with Gasteiger partial charge in [-0.2, -0.15) is 4.31 Å². The molecule has 16 heavy (non-hydrogen) atoms. The average Bonchev–Trinajstić information content (AvgIpc) is 2.73. The van der Waals surface area contributed by atoms with Crippen molar-refractivity contribution in [1.29, 1.82) is 0 Å². The van der Waals surface area contributed by atoms with Crippen molar-refractivity contribution in [3.05, 3.63) is 14.7 Å². The van der Waals surface area contributed by atoms with Gasteiger partial charge in [-0.25, -0.2) is 8.42 Å². The second-order valence-electron chi connectivity index (χ2n) is 3.60. The SMILES string of the molecule is NC1CCN(S(=O)(=O)c2cc(Cl)sc2Cl)C1. The number of rotatable bonds is 2. The first-order chi connectivity index (χ1) is 7.41. The summed E-state index contributed by atoms with van der Waals surface area (Å²) in [7, 11) is -3.53. The van der Waals surface area contributed by atoms with Crippen molar-refractivity contribution < 1.29 is 8.42 Å². The van der Waals surface area contributed by atoms with E-state index in [1.807, 2.05) is 0 Å². The number of thiophene rings is 1. The largest absolute Gasteiger partial charge is 0.326 e.